The Kier molecular flexibility index (Phi) is 5.58. The molecule has 6 nitrogen and oxygen atoms in total. The maximum absolute atomic E-state index is 12.6. The zero-order chi connectivity index (χ0) is 16.9. The Morgan fingerprint density at radius 1 is 1.04 bits per heavy atom. The quantitative estimate of drug-likeness (QED) is 0.921. The van der Waals surface area contributed by atoms with Crippen LogP contribution >= 0.6 is 0 Å². The van der Waals surface area contributed by atoms with Crippen LogP contribution in [0.2, 0.25) is 0 Å². The van der Waals surface area contributed by atoms with Gasteiger partial charge in [0.25, 0.3) is 0 Å². The molecule has 2 heterocycles. The van der Waals surface area contributed by atoms with Crippen molar-refractivity contribution in [3.63, 3.8) is 0 Å². The van der Waals surface area contributed by atoms with Crippen LogP contribution < -0.4 is 10.2 Å². The van der Waals surface area contributed by atoms with Gasteiger partial charge in [0.1, 0.15) is 0 Å². The van der Waals surface area contributed by atoms with E-state index in [0.717, 1.165) is 63.9 Å². The van der Waals surface area contributed by atoms with Crippen molar-refractivity contribution in [1.82, 2.24) is 9.80 Å². The molecule has 0 aliphatic carbocycles. The Hall–Kier alpha value is -1.79. The number of hydrogen-bond donors (Lipinski definition) is 1. The molecule has 0 atom stereocenters. The minimum atomic E-state index is -0.000819. The number of piperazine rings is 1. The number of anilines is 2. The van der Waals surface area contributed by atoms with E-state index in [4.69, 9.17) is 4.74 Å². The molecule has 1 N–H and O–H groups in total. The minimum Gasteiger partial charge on any atom is -0.378 e. The third-order valence-corrected chi connectivity index (χ3v) is 4.83. The van der Waals surface area contributed by atoms with Gasteiger partial charge in [-0.15, -0.1) is 0 Å². The molecule has 0 unspecified atom stereocenters. The average molecular weight is 332 g/mol. The van der Waals surface area contributed by atoms with Crippen LogP contribution in [-0.4, -0.2) is 74.4 Å². The van der Waals surface area contributed by atoms with Crippen molar-refractivity contribution in [2.24, 2.45) is 0 Å². The van der Waals surface area contributed by atoms with E-state index in [1.807, 2.05) is 23.1 Å². The first-order valence-electron chi connectivity index (χ1n) is 8.87. The number of hydrogen-bond acceptors (Lipinski definition) is 4. The second-order valence-corrected chi connectivity index (χ2v) is 6.66. The zero-order valence-corrected chi connectivity index (χ0v) is 14.7. The van der Waals surface area contributed by atoms with Gasteiger partial charge in [0, 0.05) is 45.3 Å². The van der Waals surface area contributed by atoms with Crippen LogP contribution in [0.15, 0.2) is 24.3 Å². The first kappa shape index (κ1) is 17.0. The maximum Gasteiger partial charge on any atom is 0.321 e. The Morgan fingerprint density at radius 3 is 2.38 bits per heavy atom. The Labute approximate surface area is 144 Å². The summed E-state index contributed by atoms with van der Waals surface area (Å²) in [7, 11) is 0. The summed E-state index contributed by atoms with van der Waals surface area (Å²) >= 11 is 0. The fraction of sp³-hybridized carbons (Fsp3) is 0.611. The van der Waals surface area contributed by atoms with Crippen molar-refractivity contribution in [2.75, 3.05) is 62.7 Å². The lowest BCUT2D eigenvalue weighted by Gasteiger charge is -2.37. The summed E-state index contributed by atoms with van der Waals surface area (Å²) in [5.74, 6) is 0. The molecule has 2 aliphatic rings. The highest BCUT2D eigenvalue weighted by Gasteiger charge is 2.23. The van der Waals surface area contributed by atoms with E-state index in [-0.39, 0.29) is 6.03 Å². The van der Waals surface area contributed by atoms with Crippen molar-refractivity contribution in [2.45, 2.75) is 19.9 Å². The SMILES string of the molecule is CC(C)N1CCN(C(=O)Nc2ccccc2N2CCOCC2)CC1. The minimum absolute atomic E-state index is 0.000819. The molecule has 0 bridgehead atoms. The molecule has 2 saturated heterocycles. The van der Waals surface area contributed by atoms with Crippen LogP contribution in [0.4, 0.5) is 16.2 Å². The number of morpholine rings is 1. The Morgan fingerprint density at radius 2 is 1.71 bits per heavy atom. The second kappa shape index (κ2) is 7.85. The van der Waals surface area contributed by atoms with Crippen LogP contribution in [0.5, 0.6) is 0 Å². The lowest BCUT2D eigenvalue weighted by atomic mass is 10.2. The van der Waals surface area contributed by atoms with Crippen LogP contribution in [0.1, 0.15) is 13.8 Å². The van der Waals surface area contributed by atoms with E-state index in [0.29, 0.717) is 6.04 Å². The molecule has 0 spiro atoms. The van der Waals surface area contributed by atoms with E-state index < -0.39 is 0 Å². The maximum atomic E-state index is 12.6. The van der Waals surface area contributed by atoms with Crippen molar-refractivity contribution >= 4 is 17.4 Å². The zero-order valence-electron chi connectivity index (χ0n) is 14.7. The number of urea groups is 1. The van der Waals surface area contributed by atoms with Gasteiger partial charge in [-0.2, -0.15) is 0 Å². The van der Waals surface area contributed by atoms with Crippen molar-refractivity contribution in [3.8, 4) is 0 Å². The van der Waals surface area contributed by atoms with E-state index in [1.54, 1.807) is 0 Å². The number of para-hydroxylation sites is 2. The predicted octanol–water partition coefficient (Wildman–Crippen LogP) is 2.08. The monoisotopic (exact) mass is 332 g/mol. The van der Waals surface area contributed by atoms with Crippen molar-refractivity contribution in [1.29, 1.82) is 0 Å². The Balaban J connectivity index is 1.62. The summed E-state index contributed by atoms with van der Waals surface area (Å²) in [6, 6.07) is 8.57. The first-order chi connectivity index (χ1) is 11.6. The summed E-state index contributed by atoms with van der Waals surface area (Å²) in [6.45, 7) is 11.0. The molecule has 1 aromatic carbocycles. The van der Waals surface area contributed by atoms with E-state index in [1.165, 1.54) is 0 Å². The van der Waals surface area contributed by atoms with Gasteiger partial charge in [-0.1, -0.05) is 12.1 Å². The standard InChI is InChI=1S/C18H28N4O2/c1-15(2)20-7-9-22(10-8-20)18(23)19-16-5-3-4-6-17(16)21-11-13-24-14-12-21/h3-6,15H,7-14H2,1-2H3,(H,19,23). The number of nitrogens with zero attached hydrogens (tertiary/aromatic N) is 3. The molecule has 2 fully saturated rings. The topological polar surface area (TPSA) is 48.0 Å². The smallest absolute Gasteiger partial charge is 0.321 e. The van der Waals surface area contributed by atoms with Gasteiger partial charge in [0.2, 0.25) is 0 Å². The van der Waals surface area contributed by atoms with Gasteiger partial charge in [0.15, 0.2) is 0 Å². The molecule has 6 heteroatoms. The number of rotatable bonds is 3. The summed E-state index contributed by atoms with van der Waals surface area (Å²) in [6.07, 6.45) is 0. The molecule has 0 radical (unpaired) electrons. The van der Waals surface area contributed by atoms with Crippen molar-refractivity contribution in [3.05, 3.63) is 24.3 Å². The normalized spacial score (nSPS) is 19.6. The van der Waals surface area contributed by atoms with Crippen LogP contribution in [0, 0.1) is 0 Å². The fourth-order valence-electron chi connectivity index (χ4n) is 3.30. The summed E-state index contributed by atoms with van der Waals surface area (Å²) in [5.41, 5.74) is 1.96. The van der Waals surface area contributed by atoms with Crippen molar-refractivity contribution < 1.29 is 9.53 Å². The average Bonchev–Trinajstić information content (AvgIpc) is 2.63. The molecule has 1 aromatic rings. The molecule has 24 heavy (non-hydrogen) atoms. The number of nitrogens with one attached hydrogen (secondary N) is 1. The van der Waals surface area contributed by atoms with Gasteiger partial charge in [-0.3, -0.25) is 4.90 Å². The number of carbonyl (C=O) groups excluding carboxylic acids is 1. The molecular weight excluding hydrogens is 304 g/mol. The summed E-state index contributed by atoms with van der Waals surface area (Å²) < 4.78 is 5.42. The second-order valence-electron chi connectivity index (χ2n) is 6.66. The lowest BCUT2D eigenvalue weighted by molar-refractivity contribution is 0.122. The molecule has 0 aromatic heterocycles. The molecule has 0 saturated carbocycles. The number of amides is 2. The lowest BCUT2D eigenvalue weighted by Crippen LogP contribution is -2.51. The fourth-order valence-corrected chi connectivity index (χ4v) is 3.30. The molecular formula is C18H28N4O2. The number of carbonyl (C=O) groups is 1. The summed E-state index contributed by atoms with van der Waals surface area (Å²) in [5, 5.41) is 3.11. The largest absolute Gasteiger partial charge is 0.378 e. The predicted molar refractivity (Wildman–Crippen MR) is 96.8 cm³/mol. The van der Waals surface area contributed by atoms with E-state index in [2.05, 4.69) is 35.0 Å². The highest BCUT2D eigenvalue weighted by molar-refractivity contribution is 5.93. The van der Waals surface area contributed by atoms with Crippen LogP contribution in [-0.2, 0) is 4.74 Å². The van der Waals surface area contributed by atoms with Crippen LogP contribution in [0.25, 0.3) is 0 Å². The van der Waals surface area contributed by atoms with Gasteiger partial charge < -0.3 is 19.9 Å². The third-order valence-electron chi connectivity index (χ3n) is 4.83. The number of benzene rings is 1. The molecule has 2 amide bonds. The summed E-state index contributed by atoms with van der Waals surface area (Å²) in [4.78, 5) is 19.2. The molecule has 2 aliphatic heterocycles. The third kappa shape index (κ3) is 3.99. The number of ether oxygens (including phenoxy) is 1. The first-order valence-corrected chi connectivity index (χ1v) is 8.87. The highest BCUT2D eigenvalue weighted by Crippen LogP contribution is 2.26. The van der Waals surface area contributed by atoms with E-state index >= 15 is 0 Å². The molecule has 3 rings (SSSR count). The van der Waals surface area contributed by atoms with E-state index in [9.17, 15) is 4.79 Å². The van der Waals surface area contributed by atoms with Crippen LogP contribution in [0.3, 0.4) is 0 Å². The van der Waals surface area contributed by atoms with Gasteiger partial charge >= 0.3 is 6.03 Å². The van der Waals surface area contributed by atoms with Gasteiger partial charge in [0.05, 0.1) is 24.6 Å². The highest BCUT2D eigenvalue weighted by atomic mass is 16.5. The van der Waals surface area contributed by atoms with Gasteiger partial charge in [-0.25, -0.2) is 4.79 Å². The Bertz CT molecular complexity index is 550. The van der Waals surface area contributed by atoms with Gasteiger partial charge in [-0.05, 0) is 26.0 Å². The molecule has 132 valence electrons.